The smallest absolute Gasteiger partial charge is 0.316 e. The molecule has 0 radical (unpaired) electrons. The molecule has 0 rings (SSSR count). The molecule has 0 aliphatic rings. The predicted octanol–water partition coefficient (Wildman–Crippen LogP) is 0.441. The van der Waals surface area contributed by atoms with Crippen LogP contribution in [0.3, 0.4) is 0 Å². The molecule has 0 saturated carbocycles. The zero-order valence-corrected chi connectivity index (χ0v) is 10.1. The van der Waals surface area contributed by atoms with Crippen LogP contribution in [-0.4, -0.2) is 29.0 Å². The van der Waals surface area contributed by atoms with Gasteiger partial charge in [0.25, 0.3) is 0 Å². The molecule has 15 heavy (non-hydrogen) atoms. The van der Waals surface area contributed by atoms with Crippen LogP contribution in [-0.2, 0) is 14.3 Å². The normalized spacial score (nSPS) is 10.9. The molecule has 0 unspecified atom stereocenters. The molecular formula is C9H18N2O3S. The van der Waals surface area contributed by atoms with Gasteiger partial charge < -0.3 is 4.74 Å². The maximum Gasteiger partial charge on any atom is 0.316 e. The van der Waals surface area contributed by atoms with Crippen molar-refractivity contribution in [3.63, 3.8) is 0 Å². The third-order valence-corrected chi connectivity index (χ3v) is 2.21. The SMILES string of the molecule is CC(C)(C)OC(=O)CSCCC(=O)NN. The Hall–Kier alpha value is -0.750. The monoisotopic (exact) mass is 234 g/mol. The molecule has 0 saturated heterocycles. The lowest BCUT2D eigenvalue weighted by Gasteiger charge is -2.19. The molecule has 0 aromatic carbocycles. The van der Waals surface area contributed by atoms with E-state index in [1.54, 1.807) is 0 Å². The first kappa shape index (κ1) is 14.2. The molecular weight excluding hydrogens is 216 g/mol. The van der Waals surface area contributed by atoms with Crippen molar-refractivity contribution in [3.05, 3.63) is 0 Å². The van der Waals surface area contributed by atoms with E-state index in [1.807, 2.05) is 26.2 Å². The molecule has 6 heteroatoms. The van der Waals surface area contributed by atoms with Crippen LogP contribution in [0.25, 0.3) is 0 Å². The van der Waals surface area contributed by atoms with Gasteiger partial charge >= 0.3 is 5.97 Å². The van der Waals surface area contributed by atoms with Crippen LogP contribution in [0.1, 0.15) is 27.2 Å². The summed E-state index contributed by atoms with van der Waals surface area (Å²) in [6, 6.07) is 0. The number of nitrogens with one attached hydrogen (secondary N) is 1. The number of ether oxygens (including phenoxy) is 1. The number of carbonyl (C=O) groups is 2. The fourth-order valence-corrected chi connectivity index (χ4v) is 1.46. The predicted molar refractivity (Wildman–Crippen MR) is 60.1 cm³/mol. The lowest BCUT2D eigenvalue weighted by molar-refractivity contribution is -0.151. The molecule has 0 aliphatic carbocycles. The average molecular weight is 234 g/mol. The van der Waals surface area contributed by atoms with E-state index in [0.29, 0.717) is 12.2 Å². The third kappa shape index (κ3) is 9.55. The van der Waals surface area contributed by atoms with Gasteiger partial charge in [0.2, 0.25) is 5.91 Å². The first-order valence-corrected chi connectivity index (χ1v) is 5.79. The highest BCUT2D eigenvalue weighted by Gasteiger charge is 2.15. The maximum absolute atomic E-state index is 11.2. The van der Waals surface area contributed by atoms with Gasteiger partial charge in [0.15, 0.2) is 0 Å². The van der Waals surface area contributed by atoms with E-state index in [4.69, 9.17) is 10.6 Å². The van der Waals surface area contributed by atoms with Crippen LogP contribution in [0.5, 0.6) is 0 Å². The van der Waals surface area contributed by atoms with Gasteiger partial charge in [-0.2, -0.15) is 0 Å². The number of hydrogen-bond donors (Lipinski definition) is 2. The van der Waals surface area contributed by atoms with Crippen molar-refractivity contribution in [2.45, 2.75) is 32.8 Å². The van der Waals surface area contributed by atoms with Crippen molar-refractivity contribution in [3.8, 4) is 0 Å². The standard InChI is InChI=1S/C9H18N2O3S/c1-9(2,3)14-8(13)6-15-5-4-7(12)11-10/h4-6,10H2,1-3H3,(H,11,12). The summed E-state index contributed by atoms with van der Waals surface area (Å²) >= 11 is 1.35. The average Bonchev–Trinajstić information content (AvgIpc) is 2.09. The molecule has 5 nitrogen and oxygen atoms in total. The van der Waals surface area contributed by atoms with Crippen molar-refractivity contribution < 1.29 is 14.3 Å². The highest BCUT2D eigenvalue weighted by Crippen LogP contribution is 2.10. The Bertz CT molecular complexity index is 226. The molecule has 88 valence electrons. The summed E-state index contributed by atoms with van der Waals surface area (Å²) in [4.78, 5) is 21.9. The molecule has 3 N–H and O–H groups in total. The molecule has 1 amide bonds. The second-order valence-electron chi connectivity index (χ2n) is 3.96. The van der Waals surface area contributed by atoms with Crippen LogP contribution in [0.15, 0.2) is 0 Å². The fraction of sp³-hybridized carbons (Fsp3) is 0.778. The summed E-state index contributed by atoms with van der Waals surface area (Å²) in [6.07, 6.45) is 0.309. The fourth-order valence-electron chi connectivity index (χ4n) is 0.764. The van der Waals surface area contributed by atoms with E-state index in [9.17, 15) is 9.59 Å². The van der Waals surface area contributed by atoms with E-state index in [0.717, 1.165) is 0 Å². The quantitative estimate of drug-likeness (QED) is 0.237. The van der Waals surface area contributed by atoms with Crippen molar-refractivity contribution in [1.29, 1.82) is 0 Å². The number of nitrogens with two attached hydrogens (primary N) is 1. The molecule has 0 spiro atoms. The van der Waals surface area contributed by atoms with Crippen molar-refractivity contribution >= 4 is 23.6 Å². The summed E-state index contributed by atoms with van der Waals surface area (Å²) in [7, 11) is 0. The Morgan fingerprint density at radius 2 is 2.00 bits per heavy atom. The van der Waals surface area contributed by atoms with Gasteiger partial charge in [0, 0.05) is 12.2 Å². The van der Waals surface area contributed by atoms with Gasteiger partial charge in [-0.1, -0.05) is 0 Å². The first-order valence-electron chi connectivity index (χ1n) is 4.64. The molecule has 0 aliphatic heterocycles. The number of carbonyl (C=O) groups excluding carboxylic acids is 2. The number of rotatable bonds is 5. The Labute approximate surface area is 94.1 Å². The number of hydrazine groups is 1. The first-order chi connectivity index (χ1) is 6.85. The van der Waals surface area contributed by atoms with Gasteiger partial charge in [-0.15, -0.1) is 11.8 Å². The summed E-state index contributed by atoms with van der Waals surface area (Å²) in [5.41, 5.74) is 1.57. The summed E-state index contributed by atoms with van der Waals surface area (Å²) in [5.74, 6) is 5.22. The van der Waals surface area contributed by atoms with Crippen LogP contribution < -0.4 is 11.3 Å². The molecule has 0 aromatic rings. The molecule has 0 aromatic heterocycles. The van der Waals surface area contributed by atoms with Gasteiger partial charge in [-0.3, -0.25) is 15.0 Å². The minimum atomic E-state index is -0.452. The molecule has 0 heterocycles. The topological polar surface area (TPSA) is 81.4 Å². The van der Waals surface area contributed by atoms with Crippen molar-refractivity contribution in [2.24, 2.45) is 5.84 Å². The van der Waals surface area contributed by atoms with Gasteiger partial charge in [0.05, 0.1) is 5.75 Å². The van der Waals surface area contributed by atoms with Gasteiger partial charge in [-0.25, -0.2) is 5.84 Å². The van der Waals surface area contributed by atoms with E-state index in [-0.39, 0.29) is 17.6 Å². The number of amides is 1. The van der Waals surface area contributed by atoms with Crippen LogP contribution in [0.2, 0.25) is 0 Å². The summed E-state index contributed by atoms with van der Waals surface area (Å²) < 4.78 is 5.09. The third-order valence-electron chi connectivity index (χ3n) is 1.27. The zero-order chi connectivity index (χ0) is 11.9. The number of hydrogen-bond acceptors (Lipinski definition) is 5. The largest absolute Gasteiger partial charge is 0.459 e. The summed E-state index contributed by atoms with van der Waals surface area (Å²) in [5, 5.41) is 0. The Balaban J connectivity index is 3.52. The van der Waals surface area contributed by atoms with E-state index in [1.165, 1.54) is 11.8 Å². The second-order valence-corrected chi connectivity index (χ2v) is 5.06. The van der Waals surface area contributed by atoms with Crippen LogP contribution >= 0.6 is 11.8 Å². The van der Waals surface area contributed by atoms with Crippen molar-refractivity contribution in [1.82, 2.24) is 5.43 Å². The van der Waals surface area contributed by atoms with E-state index >= 15 is 0 Å². The Morgan fingerprint density at radius 3 is 2.47 bits per heavy atom. The zero-order valence-electron chi connectivity index (χ0n) is 9.33. The van der Waals surface area contributed by atoms with E-state index < -0.39 is 5.60 Å². The lowest BCUT2D eigenvalue weighted by atomic mass is 10.2. The minimum Gasteiger partial charge on any atom is -0.459 e. The maximum atomic E-state index is 11.2. The van der Waals surface area contributed by atoms with E-state index in [2.05, 4.69) is 0 Å². The highest BCUT2D eigenvalue weighted by molar-refractivity contribution is 7.99. The number of thioether (sulfide) groups is 1. The Kier molecular flexibility index (Phi) is 6.35. The molecule has 0 fully saturated rings. The van der Waals surface area contributed by atoms with Crippen LogP contribution in [0, 0.1) is 0 Å². The molecule has 0 atom stereocenters. The molecule has 0 bridgehead atoms. The van der Waals surface area contributed by atoms with Gasteiger partial charge in [-0.05, 0) is 20.8 Å². The van der Waals surface area contributed by atoms with Gasteiger partial charge in [0.1, 0.15) is 5.60 Å². The minimum absolute atomic E-state index is 0.230. The lowest BCUT2D eigenvalue weighted by Crippen LogP contribution is -2.30. The number of esters is 1. The Morgan fingerprint density at radius 1 is 1.40 bits per heavy atom. The summed E-state index contributed by atoms with van der Waals surface area (Å²) in [6.45, 7) is 5.45. The highest BCUT2D eigenvalue weighted by atomic mass is 32.2. The van der Waals surface area contributed by atoms with Crippen molar-refractivity contribution in [2.75, 3.05) is 11.5 Å². The van der Waals surface area contributed by atoms with Crippen LogP contribution in [0.4, 0.5) is 0 Å². The second kappa shape index (κ2) is 6.68.